The maximum Gasteiger partial charge on any atom is 0.107 e. The summed E-state index contributed by atoms with van der Waals surface area (Å²) in [4.78, 5) is 2.86. The molecule has 3 aromatic rings. The van der Waals surface area contributed by atoms with Crippen LogP contribution in [-0.2, 0) is 0 Å². The molecule has 0 bridgehead atoms. The predicted octanol–water partition coefficient (Wildman–Crippen LogP) is 10.9. The third kappa shape index (κ3) is 4.92. The molecule has 0 aliphatic carbocycles. The van der Waals surface area contributed by atoms with Crippen molar-refractivity contribution in [3.63, 3.8) is 0 Å². The molecule has 3 rings (SSSR count). The summed E-state index contributed by atoms with van der Waals surface area (Å²) >= 11 is 4.15. The van der Waals surface area contributed by atoms with E-state index in [1.807, 2.05) is 0 Å². The zero-order chi connectivity index (χ0) is 27.0. The second-order valence-electron chi connectivity index (χ2n) is 12.7. The van der Waals surface area contributed by atoms with Crippen molar-refractivity contribution in [3.8, 4) is 20.9 Å². The van der Waals surface area contributed by atoms with Crippen LogP contribution in [0.15, 0.2) is 48.5 Å². The lowest BCUT2D eigenvalue weighted by Gasteiger charge is -2.42. The number of hydrogen-bond acceptors (Lipinski definition) is 2. The summed E-state index contributed by atoms with van der Waals surface area (Å²) in [6, 6.07) is 19.1. The van der Waals surface area contributed by atoms with Gasteiger partial charge in [-0.25, -0.2) is 0 Å². The van der Waals surface area contributed by atoms with Gasteiger partial charge in [0.05, 0.1) is 0 Å². The molecule has 0 saturated heterocycles. The molecule has 0 nitrogen and oxygen atoms in total. The van der Waals surface area contributed by atoms with E-state index in [1.165, 1.54) is 20.9 Å². The Bertz CT molecular complexity index is 1000. The summed E-state index contributed by atoms with van der Waals surface area (Å²) in [7, 11) is -3.24. The first-order chi connectivity index (χ1) is 16.8. The lowest BCUT2D eigenvalue weighted by atomic mass is 10.1. The van der Waals surface area contributed by atoms with Crippen molar-refractivity contribution in [1.82, 2.24) is 0 Å². The molecule has 0 radical (unpaired) electrons. The molecule has 4 heteroatoms. The van der Waals surface area contributed by atoms with Gasteiger partial charge < -0.3 is 0 Å². The summed E-state index contributed by atoms with van der Waals surface area (Å²) in [5.41, 5.74) is 7.20. The minimum atomic E-state index is -1.62. The van der Waals surface area contributed by atoms with E-state index in [1.54, 1.807) is 9.00 Å². The van der Waals surface area contributed by atoms with Crippen LogP contribution in [0.25, 0.3) is 20.9 Å². The maximum absolute atomic E-state index is 2.48. The molecule has 0 aliphatic heterocycles. The molecule has 0 spiro atoms. The van der Waals surface area contributed by atoms with E-state index in [9.17, 15) is 0 Å². The summed E-state index contributed by atoms with van der Waals surface area (Å²) < 4.78 is 3.37. The van der Waals surface area contributed by atoms with Gasteiger partial charge in [-0.2, -0.15) is 0 Å². The SMILES string of the molecule is CC(C)[Si](c1ccc(-c2cccc(-c3ccc([Si](C(C)C)(C(C)C)C(C)C)s3)c2)s1)(C(C)C)C(C)C. The van der Waals surface area contributed by atoms with Crippen molar-refractivity contribution in [2.45, 2.75) is 116 Å². The number of hydrogen-bond donors (Lipinski definition) is 0. The highest BCUT2D eigenvalue weighted by atomic mass is 32.1. The van der Waals surface area contributed by atoms with Gasteiger partial charge in [-0.15, -0.1) is 22.7 Å². The molecule has 1 aromatic carbocycles. The topological polar surface area (TPSA) is 0 Å². The van der Waals surface area contributed by atoms with Crippen LogP contribution in [0.4, 0.5) is 0 Å². The average Bonchev–Trinajstić information content (AvgIpc) is 3.44. The third-order valence-electron chi connectivity index (χ3n) is 9.23. The predicted molar refractivity (Wildman–Crippen MR) is 174 cm³/mol. The summed E-state index contributed by atoms with van der Waals surface area (Å²) in [6.45, 7) is 29.6. The molecule has 36 heavy (non-hydrogen) atoms. The van der Waals surface area contributed by atoms with Crippen molar-refractivity contribution < 1.29 is 0 Å². The first-order valence-electron chi connectivity index (χ1n) is 14.1. The Morgan fingerprint density at radius 2 is 0.750 bits per heavy atom. The fraction of sp³-hybridized carbons (Fsp3) is 0.562. The minimum Gasteiger partial charge on any atom is -0.145 e. The van der Waals surface area contributed by atoms with E-state index < -0.39 is 16.1 Å². The first-order valence-corrected chi connectivity index (χ1v) is 20.2. The molecule has 2 aromatic heterocycles. The van der Waals surface area contributed by atoms with E-state index in [-0.39, 0.29) is 0 Å². The summed E-state index contributed by atoms with van der Waals surface area (Å²) in [6.07, 6.45) is 0. The second kappa shape index (κ2) is 11.4. The van der Waals surface area contributed by atoms with E-state index in [4.69, 9.17) is 0 Å². The highest BCUT2D eigenvalue weighted by Crippen LogP contribution is 2.45. The quantitative estimate of drug-likeness (QED) is 0.219. The molecular weight excluding hydrogens is 505 g/mol. The van der Waals surface area contributed by atoms with E-state index >= 15 is 0 Å². The zero-order valence-corrected chi connectivity index (χ0v) is 28.5. The van der Waals surface area contributed by atoms with Crippen LogP contribution in [0.1, 0.15) is 83.1 Å². The number of thiophene rings is 2. The second-order valence-corrected chi connectivity index (χ2v) is 27.3. The van der Waals surface area contributed by atoms with Crippen LogP contribution in [0.2, 0.25) is 33.2 Å². The standard InChI is InChI=1S/C32H50S2Si2/c1-21(2)35(22(3)4,23(5)6)31-18-16-29(33-31)27-14-13-15-28(20-27)30-17-19-32(34-30)36(24(7)8,25(9)10)26(11)12/h13-26H,1-12H3. The third-order valence-corrected chi connectivity index (χ3v) is 27.4. The van der Waals surface area contributed by atoms with Crippen molar-refractivity contribution in [2.24, 2.45) is 0 Å². The Morgan fingerprint density at radius 3 is 1.03 bits per heavy atom. The molecule has 0 fully saturated rings. The molecule has 0 saturated carbocycles. The van der Waals surface area contributed by atoms with Crippen LogP contribution < -0.4 is 9.00 Å². The van der Waals surface area contributed by atoms with Gasteiger partial charge in [0, 0.05) is 9.75 Å². The van der Waals surface area contributed by atoms with Crippen molar-refractivity contribution in [3.05, 3.63) is 48.5 Å². The Kier molecular flexibility index (Phi) is 9.40. The average molecular weight is 555 g/mol. The lowest BCUT2D eigenvalue weighted by Crippen LogP contribution is -2.54. The Labute approximate surface area is 232 Å². The van der Waals surface area contributed by atoms with Gasteiger partial charge in [0.25, 0.3) is 0 Å². The van der Waals surface area contributed by atoms with Gasteiger partial charge >= 0.3 is 0 Å². The minimum absolute atomic E-state index is 0.743. The summed E-state index contributed by atoms with van der Waals surface area (Å²) in [5, 5.41) is 0. The van der Waals surface area contributed by atoms with Crippen LogP contribution in [0.5, 0.6) is 0 Å². The fourth-order valence-electron chi connectivity index (χ4n) is 7.98. The Balaban J connectivity index is 2.03. The first kappa shape index (κ1) is 29.6. The van der Waals surface area contributed by atoms with E-state index in [0.29, 0.717) is 0 Å². The molecule has 2 heterocycles. The van der Waals surface area contributed by atoms with Crippen molar-refractivity contribution in [2.75, 3.05) is 0 Å². The highest BCUT2D eigenvalue weighted by Gasteiger charge is 2.46. The Morgan fingerprint density at radius 1 is 0.444 bits per heavy atom. The van der Waals surface area contributed by atoms with Gasteiger partial charge in [-0.05, 0) is 71.6 Å². The largest absolute Gasteiger partial charge is 0.145 e. The molecule has 198 valence electrons. The smallest absolute Gasteiger partial charge is 0.107 e. The molecule has 0 unspecified atom stereocenters. The monoisotopic (exact) mass is 554 g/mol. The highest BCUT2D eigenvalue weighted by molar-refractivity contribution is 7.30. The lowest BCUT2D eigenvalue weighted by molar-refractivity contribution is 0.837. The Hall–Kier alpha value is -0.946. The van der Waals surface area contributed by atoms with Crippen LogP contribution in [-0.4, -0.2) is 16.1 Å². The normalized spacial score (nSPS) is 13.4. The molecule has 0 aliphatic rings. The van der Waals surface area contributed by atoms with Gasteiger partial charge in [0.15, 0.2) is 0 Å². The van der Waals surface area contributed by atoms with Crippen molar-refractivity contribution >= 4 is 47.8 Å². The van der Waals surface area contributed by atoms with Gasteiger partial charge in [-0.1, -0.05) is 113 Å². The maximum atomic E-state index is 2.48. The van der Waals surface area contributed by atoms with Gasteiger partial charge in [-0.3, -0.25) is 0 Å². The summed E-state index contributed by atoms with van der Waals surface area (Å²) in [5.74, 6) is 0. The number of benzene rings is 1. The molecule has 0 amide bonds. The van der Waals surface area contributed by atoms with Crippen LogP contribution in [0, 0.1) is 0 Å². The van der Waals surface area contributed by atoms with Crippen LogP contribution in [0.3, 0.4) is 0 Å². The molecule has 0 N–H and O–H groups in total. The van der Waals surface area contributed by atoms with E-state index in [0.717, 1.165) is 33.2 Å². The van der Waals surface area contributed by atoms with Crippen LogP contribution >= 0.6 is 22.7 Å². The molecule has 0 atom stereocenters. The fourth-order valence-corrected chi connectivity index (χ4v) is 28.0. The van der Waals surface area contributed by atoms with Gasteiger partial charge in [0.2, 0.25) is 0 Å². The van der Waals surface area contributed by atoms with Gasteiger partial charge in [0.1, 0.15) is 16.1 Å². The van der Waals surface area contributed by atoms with Crippen molar-refractivity contribution in [1.29, 1.82) is 0 Å². The van der Waals surface area contributed by atoms with E-state index in [2.05, 4.69) is 154 Å². The zero-order valence-electron chi connectivity index (χ0n) is 24.9. The number of rotatable bonds is 10. The molecular formula is C32H50S2Si2.